The van der Waals surface area contributed by atoms with Crippen LogP contribution in [0.1, 0.15) is 10.4 Å². The maximum atomic E-state index is 13.5. The number of fused-ring (bicyclic) bond motifs is 1. The zero-order valence-electron chi connectivity index (χ0n) is 15.5. The Labute approximate surface area is 175 Å². The van der Waals surface area contributed by atoms with Crippen LogP contribution in [0.25, 0.3) is 10.3 Å². The fourth-order valence-corrected chi connectivity index (χ4v) is 4.92. The van der Waals surface area contributed by atoms with E-state index in [9.17, 15) is 18.0 Å². The summed E-state index contributed by atoms with van der Waals surface area (Å²) in [7, 11) is -2.83. The number of pyridine rings is 1. The van der Waals surface area contributed by atoms with Crippen LogP contribution in [0.2, 0.25) is 0 Å². The molecule has 10 heteroatoms. The second kappa shape index (κ2) is 7.73. The van der Waals surface area contributed by atoms with Gasteiger partial charge in [-0.25, -0.2) is 13.2 Å². The first kappa shape index (κ1) is 19.8. The van der Waals surface area contributed by atoms with Crippen molar-refractivity contribution in [1.82, 2.24) is 4.98 Å². The van der Waals surface area contributed by atoms with Gasteiger partial charge in [0.05, 0.1) is 28.0 Å². The fraction of sp³-hybridized carbons (Fsp3) is 0.0500. The van der Waals surface area contributed by atoms with Gasteiger partial charge in [-0.05, 0) is 54.6 Å². The van der Waals surface area contributed by atoms with E-state index in [2.05, 4.69) is 4.98 Å². The number of sulfonamides is 1. The minimum absolute atomic E-state index is 0.0734. The van der Waals surface area contributed by atoms with Gasteiger partial charge in [0.25, 0.3) is 15.9 Å². The summed E-state index contributed by atoms with van der Waals surface area (Å²) in [6.45, 7) is 0. The van der Waals surface area contributed by atoms with Gasteiger partial charge in [-0.3, -0.25) is 9.78 Å². The molecule has 2 heterocycles. The normalized spacial score (nSPS) is 11.4. The Morgan fingerprint density at radius 3 is 2.57 bits per heavy atom. The highest BCUT2D eigenvalue weighted by molar-refractivity contribution is 7.93. The van der Waals surface area contributed by atoms with Crippen LogP contribution in [0.5, 0.6) is 5.75 Å². The third kappa shape index (κ3) is 3.58. The summed E-state index contributed by atoms with van der Waals surface area (Å²) in [5.41, 5.74) is 0.476. The van der Waals surface area contributed by atoms with E-state index in [1.807, 2.05) is 0 Å². The molecule has 0 saturated heterocycles. The molecule has 0 bridgehead atoms. The molecule has 8 nitrogen and oxygen atoms in total. The number of amides is 1. The molecule has 0 unspecified atom stereocenters. The summed E-state index contributed by atoms with van der Waals surface area (Å²) >= 11 is 0.819. The molecular weight excluding hydrogens is 428 g/mol. The standard InChI is InChI=1S/C20H14N2O6S2/c1-27-15-5-7-16(8-6-15)30(25,26)22(19(23)13-3-2-10-21-12-13)14-4-9-17-18(11-14)29-20(24)28-17/h2-12H,1H3. The Kier molecular flexibility index (Phi) is 5.10. The molecule has 2 aromatic heterocycles. The highest BCUT2D eigenvalue weighted by Gasteiger charge is 2.32. The first-order valence-electron chi connectivity index (χ1n) is 8.57. The van der Waals surface area contributed by atoms with Gasteiger partial charge in [-0.1, -0.05) is 11.3 Å². The maximum absolute atomic E-state index is 13.5. The SMILES string of the molecule is COc1ccc(S(=O)(=O)N(C(=O)c2cccnc2)c2ccc3oc(=O)sc3c2)cc1. The third-order valence-corrected chi connectivity index (χ3v) is 6.75. The van der Waals surface area contributed by atoms with E-state index in [-0.39, 0.29) is 16.1 Å². The van der Waals surface area contributed by atoms with Crippen LogP contribution >= 0.6 is 11.3 Å². The van der Waals surface area contributed by atoms with E-state index >= 15 is 0 Å². The highest BCUT2D eigenvalue weighted by Crippen LogP contribution is 2.30. The molecule has 30 heavy (non-hydrogen) atoms. The van der Waals surface area contributed by atoms with E-state index in [4.69, 9.17) is 9.15 Å². The van der Waals surface area contributed by atoms with Crippen LogP contribution in [0.3, 0.4) is 0 Å². The number of carbonyl (C=O) groups excluding carboxylic acids is 1. The van der Waals surface area contributed by atoms with Crippen molar-refractivity contribution in [3.63, 3.8) is 0 Å². The second-order valence-corrected chi connectivity index (χ2v) is 8.84. The van der Waals surface area contributed by atoms with Gasteiger partial charge < -0.3 is 9.15 Å². The smallest absolute Gasteiger partial charge is 0.396 e. The predicted molar refractivity (Wildman–Crippen MR) is 112 cm³/mol. The predicted octanol–water partition coefficient (Wildman–Crippen LogP) is 3.29. The number of rotatable bonds is 5. The lowest BCUT2D eigenvalue weighted by atomic mass is 10.2. The maximum Gasteiger partial charge on any atom is 0.396 e. The van der Waals surface area contributed by atoms with Gasteiger partial charge in [0.15, 0.2) is 0 Å². The van der Waals surface area contributed by atoms with E-state index in [0.717, 1.165) is 11.3 Å². The van der Waals surface area contributed by atoms with Crippen molar-refractivity contribution in [2.45, 2.75) is 4.90 Å². The van der Waals surface area contributed by atoms with Crippen LogP contribution in [0, 0.1) is 0 Å². The van der Waals surface area contributed by atoms with Crippen LogP contribution in [-0.2, 0) is 10.0 Å². The minimum atomic E-state index is -4.29. The van der Waals surface area contributed by atoms with E-state index < -0.39 is 20.9 Å². The Balaban J connectivity index is 1.89. The number of aromatic nitrogens is 1. The van der Waals surface area contributed by atoms with Crippen molar-refractivity contribution in [3.05, 3.63) is 82.3 Å². The van der Waals surface area contributed by atoms with Gasteiger partial charge in [-0.15, -0.1) is 0 Å². The molecule has 0 saturated carbocycles. The number of hydrogen-bond acceptors (Lipinski definition) is 8. The molecule has 0 aliphatic rings. The molecule has 1 amide bonds. The number of nitrogens with zero attached hydrogens (tertiary/aromatic N) is 2. The number of anilines is 1. The van der Waals surface area contributed by atoms with Crippen molar-refractivity contribution in [2.75, 3.05) is 11.4 Å². The Hall–Kier alpha value is -3.50. The molecule has 0 aliphatic heterocycles. The summed E-state index contributed by atoms with van der Waals surface area (Å²) < 4.78 is 38.1. The zero-order valence-corrected chi connectivity index (χ0v) is 17.1. The second-order valence-electron chi connectivity index (χ2n) is 6.08. The average molecular weight is 442 g/mol. The average Bonchev–Trinajstić information content (AvgIpc) is 3.13. The molecule has 152 valence electrons. The van der Waals surface area contributed by atoms with E-state index in [1.54, 1.807) is 0 Å². The van der Waals surface area contributed by atoms with Crippen molar-refractivity contribution in [1.29, 1.82) is 0 Å². The zero-order chi connectivity index (χ0) is 21.3. The largest absolute Gasteiger partial charge is 0.497 e. The molecule has 0 aliphatic carbocycles. The molecule has 0 N–H and O–H groups in total. The van der Waals surface area contributed by atoms with Crippen LogP contribution in [0.15, 0.2) is 81.1 Å². The topological polar surface area (TPSA) is 107 Å². The summed E-state index contributed by atoms with van der Waals surface area (Å²) in [6.07, 6.45) is 2.77. The molecule has 0 spiro atoms. The molecular formula is C20H14N2O6S2. The van der Waals surface area contributed by atoms with Gasteiger partial charge in [0.1, 0.15) is 11.3 Å². The molecule has 4 aromatic rings. The number of ether oxygens (including phenoxy) is 1. The summed E-state index contributed by atoms with van der Waals surface area (Å²) in [6, 6.07) is 13.0. The van der Waals surface area contributed by atoms with Gasteiger partial charge in [0, 0.05) is 12.4 Å². The molecule has 2 aromatic carbocycles. The number of benzene rings is 2. The molecule has 0 radical (unpaired) electrons. The monoisotopic (exact) mass is 442 g/mol. The van der Waals surface area contributed by atoms with Crippen molar-refractivity contribution in [3.8, 4) is 5.75 Å². The molecule has 0 atom stereocenters. The Morgan fingerprint density at radius 1 is 1.13 bits per heavy atom. The Morgan fingerprint density at radius 2 is 1.90 bits per heavy atom. The van der Waals surface area contributed by atoms with Crippen molar-refractivity contribution in [2.24, 2.45) is 0 Å². The lowest BCUT2D eigenvalue weighted by Crippen LogP contribution is -2.37. The van der Waals surface area contributed by atoms with E-state index in [1.165, 1.54) is 74.1 Å². The molecule has 0 fully saturated rings. The van der Waals surface area contributed by atoms with Crippen LogP contribution in [0.4, 0.5) is 5.69 Å². The summed E-state index contributed by atoms with van der Waals surface area (Å²) in [5, 5.41) is 0. The Bertz CT molecular complexity index is 1380. The van der Waals surface area contributed by atoms with Crippen LogP contribution in [-0.4, -0.2) is 26.4 Å². The van der Waals surface area contributed by atoms with Gasteiger partial charge in [0.2, 0.25) is 0 Å². The van der Waals surface area contributed by atoms with E-state index in [0.29, 0.717) is 20.3 Å². The number of methoxy groups -OCH3 is 1. The van der Waals surface area contributed by atoms with Crippen molar-refractivity contribution >= 4 is 43.2 Å². The number of carbonyl (C=O) groups is 1. The summed E-state index contributed by atoms with van der Waals surface area (Å²) in [5.74, 6) is -0.308. The summed E-state index contributed by atoms with van der Waals surface area (Å²) in [4.78, 5) is 28.0. The first-order chi connectivity index (χ1) is 14.4. The van der Waals surface area contributed by atoms with Crippen molar-refractivity contribution < 1.29 is 22.4 Å². The third-order valence-electron chi connectivity index (χ3n) is 4.24. The highest BCUT2D eigenvalue weighted by atomic mass is 32.2. The first-order valence-corrected chi connectivity index (χ1v) is 10.8. The lowest BCUT2D eigenvalue weighted by molar-refractivity contribution is 0.100. The van der Waals surface area contributed by atoms with Crippen LogP contribution < -0.4 is 14.0 Å². The molecule has 4 rings (SSSR count). The lowest BCUT2D eigenvalue weighted by Gasteiger charge is -2.22. The minimum Gasteiger partial charge on any atom is -0.497 e. The van der Waals surface area contributed by atoms with Gasteiger partial charge in [-0.2, -0.15) is 4.31 Å². The number of hydrogen-bond donors (Lipinski definition) is 0. The fourth-order valence-electron chi connectivity index (χ4n) is 2.81. The van der Waals surface area contributed by atoms with Gasteiger partial charge >= 0.3 is 4.94 Å². The quantitative estimate of drug-likeness (QED) is 0.467.